The molecular weight excluding hydrogens is 406 g/mol. The Labute approximate surface area is 198 Å². The highest BCUT2D eigenvalue weighted by molar-refractivity contribution is 5.77. The summed E-state index contributed by atoms with van der Waals surface area (Å²) in [6.45, 7) is 19.7. The van der Waals surface area contributed by atoms with Crippen molar-refractivity contribution in [3.63, 3.8) is 0 Å². The van der Waals surface area contributed by atoms with E-state index in [2.05, 4.69) is 46.9 Å². The number of rotatable bonds is 20. The summed E-state index contributed by atoms with van der Waals surface area (Å²) >= 11 is 0. The first-order valence-electron chi connectivity index (χ1n) is 12.7. The molecule has 0 aliphatic carbocycles. The molecule has 6 nitrogen and oxygen atoms in total. The van der Waals surface area contributed by atoms with E-state index in [1.54, 1.807) is 0 Å². The van der Waals surface area contributed by atoms with Gasteiger partial charge in [-0.05, 0) is 107 Å². The van der Waals surface area contributed by atoms with Gasteiger partial charge in [0.1, 0.15) is 6.61 Å². The number of ether oxygens (including phenoxy) is 4. The van der Waals surface area contributed by atoms with Crippen LogP contribution in [0.25, 0.3) is 0 Å². The number of carbonyl (C=O) groups is 1. The molecule has 0 aliphatic rings. The van der Waals surface area contributed by atoms with Crippen LogP contribution in [0.5, 0.6) is 0 Å². The van der Waals surface area contributed by atoms with Crippen molar-refractivity contribution >= 4 is 5.91 Å². The average molecular weight is 460 g/mol. The quantitative estimate of drug-likeness (QED) is 0.238. The van der Waals surface area contributed by atoms with E-state index in [1.165, 1.54) is 0 Å². The van der Waals surface area contributed by atoms with Crippen molar-refractivity contribution in [1.82, 2.24) is 5.32 Å². The summed E-state index contributed by atoms with van der Waals surface area (Å²) in [5, 5.41) is 3.08. The Morgan fingerprint density at radius 3 is 1.94 bits per heavy atom. The molecule has 0 spiro atoms. The molecule has 0 aromatic heterocycles. The molecule has 6 heteroatoms. The van der Waals surface area contributed by atoms with Gasteiger partial charge in [-0.1, -0.05) is 0 Å². The number of amides is 1. The lowest BCUT2D eigenvalue weighted by Gasteiger charge is -2.27. The van der Waals surface area contributed by atoms with Crippen molar-refractivity contribution in [3.05, 3.63) is 0 Å². The average Bonchev–Trinajstić information content (AvgIpc) is 2.66. The Bertz CT molecular complexity index is 460. The second kappa shape index (κ2) is 17.7. The van der Waals surface area contributed by atoms with Crippen molar-refractivity contribution in [2.75, 3.05) is 33.0 Å². The van der Waals surface area contributed by atoms with Gasteiger partial charge in [-0.25, -0.2) is 0 Å². The van der Waals surface area contributed by atoms with E-state index in [0.717, 1.165) is 71.2 Å². The van der Waals surface area contributed by atoms with Crippen LogP contribution < -0.4 is 5.32 Å². The van der Waals surface area contributed by atoms with Gasteiger partial charge >= 0.3 is 0 Å². The predicted molar refractivity (Wildman–Crippen MR) is 132 cm³/mol. The van der Waals surface area contributed by atoms with E-state index in [0.29, 0.717) is 6.61 Å². The number of nitrogens with one attached hydrogen (secondary N) is 1. The number of hydrogen-bond acceptors (Lipinski definition) is 5. The maximum absolute atomic E-state index is 12.2. The highest BCUT2D eigenvalue weighted by Crippen LogP contribution is 2.15. The minimum atomic E-state index is -0.267. The number of hydrogen-bond donors (Lipinski definition) is 1. The van der Waals surface area contributed by atoms with Gasteiger partial charge in [0, 0.05) is 32.0 Å². The fraction of sp³-hybridized carbons (Fsp3) is 0.962. The zero-order valence-corrected chi connectivity index (χ0v) is 22.4. The van der Waals surface area contributed by atoms with Gasteiger partial charge in [0.2, 0.25) is 5.91 Å². The molecule has 192 valence electrons. The first kappa shape index (κ1) is 31.3. The molecule has 0 radical (unpaired) electrons. The molecule has 32 heavy (non-hydrogen) atoms. The smallest absolute Gasteiger partial charge is 0.246 e. The Hall–Kier alpha value is -0.690. The number of carbonyl (C=O) groups excluding carboxylic acids is 1. The minimum absolute atomic E-state index is 0.0517. The molecule has 0 heterocycles. The van der Waals surface area contributed by atoms with Gasteiger partial charge in [0.25, 0.3) is 0 Å². The van der Waals surface area contributed by atoms with E-state index < -0.39 is 0 Å². The van der Waals surface area contributed by atoms with Gasteiger partial charge in [0.15, 0.2) is 0 Å². The van der Waals surface area contributed by atoms with E-state index in [9.17, 15) is 4.79 Å². The van der Waals surface area contributed by atoms with E-state index in [1.807, 2.05) is 13.8 Å². The second-order valence-electron chi connectivity index (χ2n) is 10.7. The van der Waals surface area contributed by atoms with Crippen LogP contribution in [0.1, 0.15) is 107 Å². The van der Waals surface area contributed by atoms with Crippen molar-refractivity contribution in [2.45, 2.75) is 130 Å². The molecule has 0 aliphatic heterocycles. The number of unbranched alkanes of at least 4 members (excludes halogenated alkanes) is 4. The van der Waals surface area contributed by atoms with Crippen LogP contribution in [0.15, 0.2) is 0 Å². The Balaban J connectivity index is 3.71. The molecule has 0 aromatic rings. The second-order valence-corrected chi connectivity index (χ2v) is 10.7. The van der Waals surface area contributed by atoms with Crippen molar-refractivity contribution in [1.29, 1.82) is 0 Å². The van der Waals surface area contributed by atoms with E-state index in [-0.39, 0.29) is 35.9 Å². The van der Waals surface area contributed by atoms with E-state index in [4.69, 9.17) is 18.9 Å². The molecule has 0 saturated carbocycles. The molecule has 1 amide bonds. The monoisotopic (exact) mass is 459 g/mol. The first-order chi connectivity index (χ1) is 14.9. The highest BCUT2D eigenvalue weighted by atomic mass is 16.5. The predicted octanol–water partition coefficient (Wildman–Crippen LogP) is 5.66. The van der Waals surface area contributed by atoms with Crippen LogP contribution in [0.3, 0.4) is 0 Å². The first-order valence-corrected chi connectivity index (χ1v) is 12.7. The van der Waals surface area contributed by atoms with Crippen molar-refractivity contribution in [2.24, 2.45) is 0 Å². The summed E-state index contributed by atoms with van der Waals surface area (Å²) in [7, 11) is 0. The topological polar surface area (TPSA) is 66.0 Å². The fourth-order valence-electron chi connectivity index (χ4n) is 3.13. The van der Waals surface area contributed by atoms with Crippen molar-refractivity contribution in [3.8, 4) is 0 Å². The lowest BCUT2D eigenvalue weighted by atomic mass is 9.96. The normalized spacial score (nSPS) is 13.5. The zero-order valence-electron chi connectivity index (χ0n) is 22.4. The fourth-order valence-corrected chi connectivity index (χ4v) is 3.13. The third kappa shape index (κ3) is 22.5. The highest BCUT2D eigenvalue weighted by Gasteiger charge is 2.21. The Kier molecular flexibility index (Phi) is 17.4. The maximum Gasteiger partial charge on any atom is 0.246 e. The Morgan fingerprint density at radius 1 is 0.781 bits per heavy atom. The van der Waals surface area contributed by atoms with Crippen LogP contribution in [0.2, 0.25) is 0 Å². The van der Waals surface area contributed by atoms with Gasteiger partial charge in [-0.15, -0.1) is 0 Å². The minimum Gasteiger partial charge on any atom is -0.379 e. The standard InChI is InChI=1S/C26H53NO5/c1-22(2)30-18-12-9-11-17-29-21-24(28)27-26(7,8)16-15-23(3)31-19-13-10-14-20-32-25(4,5)6/h22-23H,9-21H2,1-8H3,(H,27,28)/t23-/m1/s1. The molecule has 0 aromatic carbocycles. The van der Waals surface area contributed by atoms with Gasteiger partial charge < -0.3 is 24.3 Å². The summed E-state index contributed by atoms with van der Waals surface area (Å²) in [5.41, 5.74) is -0.321. The zero-order chi connectivity index (χ0) is 24.5. The summed E-state index contributed by atoms with van der Waals surface area (Å²) < 4.78 is 22.7. The maximum atomic E-state index is 12.2. The lowest BCUT2D eigenvalue weighted by molar-refractivity contribution is -0.127. The summed E-state index contributed by atoms with van der Waals surface area (Å²) in [6, 6.07) is 0. The Morgan fingerprint density at radius 2 is 1.34 bits per heavy atom. The molecule has 0 saturated heterocycles. The van der Waals surface area contributed by atoms with Gasteiger partial charge in [0.05, 0.1) is 17.8 Å². The summed E-state index contributed by atoms with van der Waals surface area (Å²) in [6.07, 6.45) is 8.56. The van der Waals surface area contributed by atoms with Crippen LogP contribution in [-0.4, -0.2) is 62.3 Å². The van der Waals surface area contributed by atoms with Crippen LogP contribution in [0, 0.1) is 0 Å². The van der Waals surface area contributed by atoms with Gasteiger partial charge in [-0.2, -0.15) is 0 Å². The lowest BCUT2D eigenvalue weighted by Crippen LogP contribution is -2.45. The molecule has 1 atom stereocenters. The molecular formula is C26H53NO5. The molecule has 0 bridgehead atoms. The molecule has 1 N–H and O–H groups in total. The molecule has 0 fully saturated rings. The molecule has 0 rings (SSSR count). The summed E-state index contributed by atoms with van der Waals surface area (Å²) in [4.78, 5) is 12.2. The third-order valence-corrected chi connectivity index (χ3v) is 5.00. The SMILES string of the molecule is CC(C)OCCCCCOCC(=O)NC(C)(C)CC[C@@H](C)OCCCCCOC(C)(C)C. The van der Waals surface area contributed by atoms with Crippen molar-refractivity contribution < 1.29 is 23.7 Å². The summed E-state index contributed by atoms with van der Waals surface area (Å²) in [5.74, 6) is -0.0517. The van der Waals surface area contributed by atoms with Crippen LogP contribution in [0.4, 0.5) is 0 Å². The van der Waals surface area contributed by atoms with Crippen LogP contribution >= 0.6 is 0 Å². The van der Waals surface area contributed by atoms with Gasteiger partial charge in [-0.3, -0.25) is 4.79 Å². The third-order valence-electron chi connectivity index (χ3n) is 5.00. The van der Waals surface area contributed by atoms with E-state index >= 15 is 0 Å². The molecule has 0 unspecified atom stereocenters. The van der Waals surface area contributed by atoms with Crippen LogP contribution in [-0.2, 0) is 23.7 Å². The largest absolute Gasteiger partial charge is 0.379 e.